The molecule has 102 valence electrons. The van der Waals surface area contributed by atoms with Crippen LogP contribution in [-0.4, -0.2) is 23.7 Å². The maximum Gasteiger partial charge on any atom is 0.124 e. The fraction of sp³-hybridized carbons (Fsp3) is 0.357. The molecule has 2 aromatic rings. The molecule has 3 N–H and O–H groups in total. The van der Waals surface area contributed by atoms with Gasteiger partial charge in [-0.25, -0.2) is 9.37 Å². The van der Waals surface area contributed by atoms with Crippen molar-refractivity contribution < 1.29 is 9.13 Å². The number of aromatic amines is 1. The van der Waals surface area contributed by atoms with E-state index in [2.05, 4.69) is 9.97 Å². The van der Waals surface area contributed by atoms with Crippen LogP contribution in [0.15, 0.2) is 24.3 Å². The van der Waals surface area contributed by atoms with Crippen molar-refractivity contribution in [3.63, 3.8) is 0 Å². The molecule has 0 aliphatic rings. The van der Waals surface area contributed by atoms with Crippen LogP contribution in [0.1, 0.15) is 24.0 Å². The Morgan fingerprint density at radius 1 is 1.47 bits per heavy atom. The van der Waals surface area contributed by atoms with E-state index in [1.807, 2.05) is 13.0 Å². The molecule has 1 unspecified atom stereocenters. The van der Waals surface area contributed by atoms with Gasteiger partial charge in [0, 0.05) is 25.0 Å². The zero-order valence-electron chi connectivity index (χ0n) is 11.1. The normalized spacial score (nSPS) is 12.6. The van der Waals surface area contributed by atoms with E-state index < -0.39 is 0 Å². The Hall–Kier alpha value is -1.72. The van der Waals surface area contributed by atoms with Crippen LogP contribution >= 0.6 is 0 Å². The van der Waals surface area contributed by atoms with Gasteiger partial charge in [0.25, 0.3) is 0 Å². The first kappa shape index (κ1) is 13.7. The van der Waals surface area contributed by atoms with Crippen LogP contribution in [0.2, 0.25) is 0 Å². The predicted octanol–water partition coefficient (Wildman–Crippen LogP) is 2.56. The summed E-state index contributed by atoms with van der Waals surface area (Å²) in [6, 6.07) is 6.17. The Labute approximate surface area is 111 Å². The van der Waals surface area contributed by atoms with Gasteiger partial charge in [-0.2, -0.15) is 0 Å². The molecule has 4 nitrogen and oxygen atoms in total. The van der Waals surface area contributed by atoms with Crippen LogP contribution in [-0.2, 0) is 4.74 Å². The summed E-state index contributed by atoms with van der Waals surface area (Å²) >= 11 is 0. The SMILES string of the molecule is COCCC(N)c1nc(-c2cccc(F)c2)c(C)[nH]1. The second kappa shape index (κ2) is 5.95. The lowest BCUT2D eigenvalue weighted by Gasteiger charge is -2.06. The molecule has 0 spiro atoms. The first-order chi connectivity index (χ1) is 9.11. The number of aromatic nitrogens is 2. The average molecular weight is 263 g/mol. The Morgan fingerprint density at radius 3 is 2.95 bits per heavy atom. The van der Waals surface area contributed by atoms with Crippen molar-refractivity contribution in [2.45, 2.75) is 19.4 Å². The molecule has 0 saturated carbocycles. The standard InChI is InChI=1S/C14H18FN3O/c1-9-13(10-4-3-5-11(15)8-10)18-14(17-9)12(16)6-7-19-2/h3-5,8,12H,6-7,16H2,1-2H3,(H,17,18). The second-order valence-electron chi connectivity index (χ2n) is 4.49. The maximum atomic E-state index is 13.2. The monoisotopic (exact) mass is 263 g/mol. The second-order valence-corrected chi connectivity index (χ2v) is 4.49. The highest BCUT2D eigenvalue weighted by Crippen LogP contribution is 2.24. The van der Waals surface area contributed by atoms with E-state index >= 15 is 0 Å². The van der Waals surface area contributed by atoms with Crippen LogP contribution in [0.25, 0.3) is 11.3 Å². The fourth-order valence-corrected chi connectivity index (χ4v) is 1.96. The van der Waals surface area contributed by atoms with Gasteiger partial charge in [0.2, 0.25) is 0 Å². The van der Waals surface area contributed by atoms with Crippen molar-refractivity contribution in [3.05, 3.63) is 41.6 Å². The number of aryl methyl sites for hydroxylation is 1. The Balaban J connectivity index is 2.26. The number of hydrogen-bond acceptors (Lipinski definition) is 3. The van der Waals surface area contributed by atoms with Gasteiger partial charge in [-0.05, 0) is 25.5 Å². The Bertz CT molecular complexity index is 553. The number of ether oxygens (including phenoxy) is 1. The quantitative estimate of drug-likeness (QED) is 0.871. The molecule has 1 aromatic carbocycles. The van der Waals surface area contributed by atoms with Gasteiger partial charge in [0.1, 0.15) is 11.6 Å². The van der Waals surface area contributed by atoms with E-state index in [-0.39, 0.29) is 11.9 Å². The lowest BCUT2D eigenvalue weighted by atomic mass is 10.1. The minimum atomic E-state index is -0.273. The van der Waals surface area contributed by atoms with E-state index in [9.17, 15) is 4.39 Å². The van der Waals surface area contributed by atoms with Crippen LogP contribution in [0.5, 0.6) is 0 Å². The number of H-pyrrole nitrogens is 1. The number of halogens is 1. The van der Waals surface area contributed by atoms with Gasteiger partial charge < -0.3 is 15.5 Å². The predicted molar refractivity (Wildman–Crippen MR) is 72.1 cm³/mol. The lowest BCUT2D eigenvalue weighted by Crippen LogP contribution is -2.14. The van der Waals surface area contributed by atoms with Gasteiger partial charge in [-0.1, -0.05) is 12.1 Å². The number of hydrogen-bond donors (Lipinski definition) is 2. The van der Waals surface area contributed by atoms with Crippen molar-refractivity contribution in [1.82, 2.24) is 9.97 Å². The molecular formula is C14H18FN3O. The third-order valence-electron chi connectivity index (χ3n) is 2.99. The zero-order chi connectivity index (χ0) is 13.8. The number of rotatable bonds is 5. The van der Waals surface area contributed by atoms with Gasteiger partial charge in [0.15, 0.2) is 0 Å². The summed E-state index contributed by atoms with van der Waals surface area (Å²) in [4.78, 5) is 7.63. The number of methoxy groups -OCH3 is 1. The van der Waals surface area contributed by atoms with Gasteiger partial charge >= 0.3 is 0 Å². The van der Waals surface area contributed by atoms with Crippen LogP contribution < -0.4 is 5.73 Å². The summed E-state index contributed by atoms with van der Waals surface area (Å²) in [5.74, 6) is 0.430. The summed E-state index contributed by atoms with van der Waals surface area (Å²) in [5.41, 5.74) is 8.39. The highest BCUT2D eigenvalue weighted by Gasteiger charge is 2.14. The molecule has 0 amide bonds. The molecule has 2 rings (SSSR count). The molecule has 1 atom stereocenters. The molecule has 0 fully saturated rings. The minimum absolute atomic E-state index is 0.207. The number of nitrogens with zero attached hydrogens (tertiary/aromatic N) is 1. The van der Waals surface area contributed by atoms with Gasteiger partial charge in [-0.15, -0.1) is 0 Å². The van der Waals surface area contributed by atoms with Crippen LogP contribution in [0.4, 0.5) is 4.39 Å². The van der Waals surface area contributed by atoms with Gasteiger partial charge in [-0.3, -0.25) is 0 Å². The largest absolute Gasteiger partial charge is 0.385 e. The molecule has 5 heteroatoms. The smallest absolute Gasteiger partial charge is 0.124 e. The zero-order valence-corrected chi connectivity index (χ0v) is 11.1. The first-order valence-electron chi connectivity index (χ1n) is 6.18. The molecule has 0 bridgehead atoms. The minimum Gasteiger partial charge on any atom is -0.385 e. The number of benzene rings is 1. The number of imidazole rings is 1. The first-order valence-corrected chi connectivity index (χ1v) is 6.18. The van der Waals surface area contributed by atoms with E-state index in [1.54, 1.807) is 13.2 Å². The van der Waals surface area contributed by atoms with E-state index in [4.69, 9.17) is 10.5 Å². The number of nitrogens with one attached hydrogen (secondary N) is 1. The van der Waals surface area contributed by atoms with E-state index in [0.717, 1.165) is 17.0 Å². The molecule has 0 radical (unpaired) electrons. The maximum absolute atomic E-state index is 13.2. The van der Waals surface area contributed by atoms with E-state index in [0.29, 0.717) is 18.9 Å². The van der Waals surface area contributed by atoms with E-state index in [1.165, 1.54) is 12.1 Å². The third-order valence-corrected chi connectivity index (χ3v) is 2.99. The molecule has 1 aromatic heterocycles. The van der Waals surface area contributed by atoms with Crippen molar-refractivity contribution in [1.29, 1.82) is 0 Å². The summed E-state index contributed by atoms with van der Waals surface area (Å²) < 4.78 is 18.2. The summed E-state index contributed by atoms with van der Waals surface area (Å²) in [7, 11) is 1.64. The molecule has 0 saturated heterocycles. The topological polar surface area (TPSA) is 63.9 Å². The van der Waals surface area contributed by atoms with Crippen molar-refractivity contribution in [3.8, 4) is 11.3 Å². The summed E-state index contributed by atoms with van der Waals surface area (Å²) in [6.45, 7) is 2.48. The molecule has 0 aliphatic heterocycles. The van der Waals surface area contributed by atoms with Crippen LogP contribution in [0.3, 0.4) is 0 Å². The molecule has 1 heterocycles. The summed E-state index contributed by atoms with van der Waals surface area (Å²) in [5, 5.41) is 0. The average Bonchev–Trinajstić information content (AvgIpc) is 2.78. The van der Waals surface area contributed by atoms with Crippen LogP contribution in [0, 0.1) is 12.7 Å². The molecule has 0 aliphatic carbocycles. The van der Waals surface area contributed by atoms with Gasteiger partial charge in [0.05, 0.1) is 11.7 Å². The number of nitrogens with two attached hydrogens (primary N) is 1. The lowest BCUT2D eigenvalue weighted by molar-refractivity contribution is 0.187. The third kappa shape index (κ3) is 3.19. The highest BCUT2D eigenvalue weighted by atomic mass is 19.1. The highest BCUT2D eigenvalue weighted by molar-refractivity contribution is 5.61. The Morgan fingerprint density at radius 2 is 2.26 bits per heavy atom. The summed E-state index contributed by atoms with van der Waals surface area (Å²) in [6.07, 6.45) is 0.687. The fourth-order valence-electron chi connectivity index (χ4n) is 1.96. The van der Waals surface area contributed by atoms with Crippen molar-refractivity contribution >= 4 is 0 Å². The molecular weight excluding hydrogens is 245 g/mol. The Kier molecular flexibility index (Phi) is 4.29. The molecule has 19 heavy (non-hydrogen) atoms. The van der Waals surface area contributed by atoms with Crippen molar-refractivity contribution in [2.75, 3.05) is 13.7 Å². The van der Waals surface area contributed by atoms with Crippen molar-refractivity contribution in [2.24, 2.45) is 5.73 Å².